The minimum Gasteiger partial charge on any atom is -0.338 e. The molecule has 21 heavy (non-hydrogen) atoms. The van der Waals surface area contributed by atoms with Crippen LogP contribution in [-0.2, 0) is 19.5 Å². The van der Waals surface area contributed by atoms with Crippen molar-refractivity contribution in [2.45, 2.75) is 19.5 Å². The van der Waals surface area contributed by atoms with Crippen LogP contribution >= 0.6 is 11.3 Å². The molecule has 0 bridgehead atoms. The van der Waals surface area contributed by atoms with E-state index in [4.69, 9.17) is 4.52 Å². The standard InChI is InChI=1S/C16H15N3OS/c1-2-5-13-10-19(8-7-12(13)4-1)11-15-17-16(18-20-15)14-6-3-9-21-14/h1-6,9H,7-8,10-11H2. The quantitative estimate of drug-likeness (QED) is 0.743. The Morgan fingerprint density at radius 3 is 2.90 bits per heavy atom. The largest absolute Gasteiger partial charge is 0.338 e. The van der Waals surface area contributed by atoms with Gasteiger partial charge in [0.05, 0.1) is 11.4 Å². The van der Waals surface area contributed by atoms with Crippen LogP contribution in [0.5, 0.6) is 0 Å². The number of fused-ring (bicyclic) bond motifs is 1. The minimum atomic E-state index is 0.692. The summed E-state index contributed by atoms with van der Waals surface area (Å²) in [6.07, 6.45) is 1.09. The van der Waals surface area contributed by atoms with Crippen molar-refractivity contribution in [2.24, 2.45) is 0 Å². The maximum Gasteiger partial charge on any atom is 0.241 e. The molecule has 3 heterocycles. The van der Waals surface area contributed by atoms with E-state index >= 15 is 0 Å². The first-order valence-corrected chi connectivity index (χ1v) is 7.92. The maximum absolute atomic E-state index is 5.38. The van der Waals surface area contributed by atoms with Gasteiger partial charge in [0, 0.05) is 13.1 Å². The number of aromatic nitrogens is 2. The van der Waals surface area contributed by atoms with E-state index in [1.807, 2.05) is 17.5 Å². The maximum atomic E-state index is 5.38. The van der Waals surface area contributed by atoms with Gasteiger partial charge in [0.2, 0.25) is 11.7 Å². The number of rotatable bonds is 3. The van der Waals surface area contributed by atoms with E-state index in [0.717, 1.165) is 24.4 Å². The fourth-order valence-corrected chi connectivity index (χ4v) is 3.35. The molecule has 1 aliphatic heterocycles. The first-order chi connectivity index (χ1) is 10.4. The summed E-state index contributed by atoms with van der Waals surface area (Å²) in [5.41, 5.74) is 2.86. The van der Waals surface area contributed by atoms with Crippen molar-refractivity contribution in [3.05, 3.63) is 58.8 Å². The lowest BCUT2D eigenvalue weighted by Crippen LogP contribution is -2.30. The van der Waals surface area contributed by atoms with Crippen molar-refractivity contribution in [3.63, 3.8) is 0 Å². The van der Waals surface area contributed by atoms with Crippen molar-refractivity contribution in [2.75, 3.05) is 6.54 Å². The summed E-state index contributed by atoms with van der Waals surface area (Å²) in [5, 5.41) is 6.09. The van der Waals surface area contributed by atoms with Crippen LogP contribution < -0.4 is 0 Å². The zero-order chi connectivity index (χ0) is 14.1. The van der Waals surface area contributed by atoms with Crippen molar-refractivity contribution < 1.29 is 4.52 Å². The Bertz CT molecular complexity index is 736. The highest BCUT2D eigenvalue weighted by Crippen LogP contribution is 2.23. The molecule has 1 aliphatic rings. The van der Waals surface area contributed by atoms with Crippen molar-refractivity contribution in [1.29, 1.82) is 0 Å². The molecule has 2 aromatic heterocycles. The van der Waals surface area contributed by atoms with E-state index in [1.54, 1.807) is 11.3 Å². The second kappa shape index (κ2) is 5.42. The van der Waals surface area contributed by atoms with Gasteiger partial charge in [-0.25, -0.2) is 0 Å². The first kappa shape index (κ1) is 12.7. The van der Waals surface area contributed by atoms with Gasteiger partial charge in [-0.1, -0.05) is 35.5 Å². The summed E-state index contributed by atoms with van der Waals surface area (Å²) in [6.45, 7) is 2.70. The van der Waals surface area contributed by atoms with E-state index in [1.165, 1.54) is 11.1 Å². The molecule has 0 saturated carbocycles. The molecule has 0 saturated heterocycles. The van der Waals surface area contributed by atoms with Gasteiger partial charge >= 0.3 is 0 Å². The highest BCUT2D eigenvalue weighted by molar-refractivity contribution is 7.13. The van der Waals surface area contributed by atoms with Crippen LogP contribution in [0, 0.1) is 0 Å². The summed E-state index contributed by atoms with van der Waals surface area (Å²) < 4.78 is 5.38. The smallest absolute Gasteiger partial charge is 0.241 e. The number of hydrogen-bond donors (Lipinski definition) is 0. The SMILES string of the molecule is c1csc(-c2noc(CN3CCc4ccccc4C3)n2)c1. The summed E-state index contributed by atoms with van der Waals surface area (Å²) >= 11 is 1.63. The van der Waals surface area contributed by atoms with Crippen molar-refractivity contribution >= 4 is 11.3 Å². The van der Waals surface area contributed by atoms with Gasteiger partial charge in [0.25, 0.3) is 0 Å². The van der Waals surface area contributed by atoms with Gasteiger partial charge in [0.1, 0.15) is 0 Å². The second-order valence-electron chi connectivity index (χ2n) is 5.22. The molecule has 3 aromatic rings. The third kappa shape index (κ3) is 2.62. The topological polar surface area (TPSA) is 42.2 Å². The van der Waals surface area contributed by atoms with Crippen LogP contribution in [-0.4, -0.2) is 21.6 Å². The molecular formula is C16H15N3OS. The Morgan fingerprint density at radius 2 is 2.05 bits per heavy atom. The lowest BCUT2D eigenvalue weighted by molar-refractivity contribution is 0.210. The molecule has 0 fully saturated rings. The van der Waals surface area contributed by atoms with Gasteiger partial charge < -0.3 is 4.52 Å². The zero-order valence-electron chi connectivity index (χ0n) is 11.5. The predicted molar refractivity (Wildman–Crippen MR) is 81.9 cm³/mol. The van der Waals surface area contributed by atoms with Gasteiger partial charge in [-0.2, -0.15) is 4.98 Å². The first-order valence-electron chi connectivity index (χ1n) is 7.04. The Balaban J connectivity index is 1.48. The molecule has 0 N–H and O–H groups in total. The van der Waals surface area contributed by atoms with E-state index in [9.17, 15) is 0 Å². The molecule has 106 valence electrons. The number of hydrogen-bond acceptors (Lipinski definition) is 5. The van der Waals surface area contributed by atoms with Crippen LogP contribution in [0.15, 0.2) is 46.3 Å². The third-order valence-corrected chi connectivity index (χ3v) is 4.64. The van der Waals surface area contributed by atoms with Crippen molar-refractivity contribution in [3.8, 4) is 10.7 Å². The van der Waals surface area contributed by atoms with Gasteiger partial charge in [-0.05, 0) is 29.0 Å². The van der Waals surface area contributed by atoms with Gasteiger partial charge in [0.15, 0.2) is 0 Å². The second-order valence-corrected chi connectivity index (χ2v) is 6.17. The number of thiophene rings is 1. The molecule has 5 heteroatoms. The minimum absolute atomic E-state index is 0.692. The van der Waals surface area contributed by atoms with Crippen LogP contribution in [0.1, 0.15) is 17.0 Å². The average molecular weight is 297 g/mol. The van der Waals surface area contributed by atoms with E-state index in [0.29, 0.717) is 18.3 Å². The van der Waals surface area contributed by atoms with E-state index < -0.39 is 0 Å². The Kier molecular flexibility index (Phi) is 3.29. The number of benzene rings is 1. The van der Waals surface area contributed by atoms with E-state index in [-0.39, 0.29) is 0 Å². The highest BCUT2D eigenvalue weighted by Gasteiger charge is 2.18. The average Bonchev–Trinajstić information content (AvgIpc) is 3.18. The molecule has 4 rings (SSSR count). The Morgan fingerprint density at radius 1 is 1.14 bits per heavy atom. The van der Waals surface area contributed by atoms with Crippen LogP contribution in [0.4, 0.5) is 0 Å². The lowest BCUT2D eigenvalue weighted by Gasteiger charge is -2.27. The molecule has 1 aromatic carbocycles. The summed E-state index contributed by atoms with van der Waals surface area (Å²) in [5.74, 6) is 1.38. The van der Waals surface area contributed by atoms with Crippen LogP contribution in [0.3, 0.4) is 0 Å². The Labute approximate surface area is 127 Å². The zero-order valence-corrected chi connectivity index (χ0v) is 12.3. The normalized spacial score (nSPS) is 15.0. The van der Waals surface area contributed by atoms with Gasteiger partial charge in [-0.3, -0.25) is 4.90 Å². The van der Waals surface area contributed by atoms with Crippen LogP contribution in [0.25, 0.3) is 10.7 Å². The molecule has 0 amide bonds. The molecule has 0 spiro atoms. The fourth-order valence-electron chi connectivity index (χ4n) is 2.71. The summed E-state index contributed by atoms with van der Waals surface area (Å²) in [6, 6.07) is 12.6. The van der Waals surface area contributed by atoms with Gasteiger partial charge in [-0.15, -0.1) is 11.3 Å². The van der Waals surface area contributed by atoms with Crippen molar-refractivity contribution in [1.82, 2.24) is 15.0 Å². The fraction of sp³-hybridized carbons (Fsp3) is 0.250. The third-order valence-electron chi connectivity index (χ3n) is 3.78. The van der Waals surface area contributed by atoms with Crippen LogP contribution in [0.2, 0.25) is 0 Å². The molecule has 0 unspecified atom stereocenters. The summed E-state index contributed by atoms with van der Waals surface area (Å²) in [4.78, 5) is 7.90. The summed E-state index contributed by atoms with van der Waals surface area (Å²) in [7, 11) is 0. The Hall–Kier alpha value is -1.98. The van der Waals surface area contributed by atoms with E-state index in [2.05, 4.69) is 39.3 Å². The molecule has 0 aliphatic carbocycles. The molecule has 0 atom stereocenters. The molecule has 4 nitrogen and oxygen atoms in total. The lowest BCUT2D eigenvalue weighted by atomic mass is 10.00. The highest BCUT2D eigenvalue weighted by atomic mass is 32.1. The molecular weight excluding hydrogens is 282 g/mol. The number of nitrogens with zero attached hydrogens (tertiary/aromatic N) is 3. The predicted octanol–water partition coefficient (Wildman–Crippen LogP) is 3.36. The molecule has 0 radical (unpaired) electrons. The monoisotopic (exact) mass is 297 g/mol.